The van der Waals surface area contributed by atoms with Crippen LogP contribution in [0.15, 0.2) is 120 Å². The van der Waals surface area contributed by atoms with Crippen molar-refractivity contribution in [3.63, 3.8) is 0 Å². The first-order chi connectivity index (χ1) is 20.1. The topological polar surface area (TPSA) is 69.3 Å². The minimum Gasteiger partial charge on any atom is -0.309 e. The fourth-order valence-corrected chi connectivity index (χ4v) is 6.58. The molecule has 3 aliphatic rings. The normalized spacial score (nSPS) is 20.0. The fourth-order valence-electron chi connectivity index (χ4n) is 6.58. The van der Waals surface area contributed by atoms with Crippen LogP contribution in [0, 0.1) is 17.1 Å². The lowest BCUT2D eigenvalue weighted by molar-refractivity contribution is -0.124. The van der Waals surface area contributed by atoms with Gasteiger partial charge in [0, 0.05) is 47.0 Å². The molecule has 3 heterocycles. The van der Waals surface area contributed by atoms with E-state index in [1.54, 1.807) is 17.0 Å². The maximum atomic E-state index is 15.0. The number of carbonyl (C=O) groups is 2. The number of fused-ring (bicyclic) bond motifs is 3. The first-order valence-electron chi connectivity index (χ1n) is 13.6. The number of rotatable bonds is 4. The van der Waals surface area contributed by atoms with Crippen LogP contribution < -0.4 is 9.80 Å². The Kier molecular flexibility index (Phi) is 5.72. The number of benzene rings is 3. The molecule has 6 nitrogen and oxygen atoms in total. The Balaban J connectivity index is 1.56. The smallest absolute Gasteiger partial charge is 0.248 e. The summed E-state index contributed by atoms with van der Waals surface area (Å²) >= 11 is 0. The van der Waals surface area contributed by atoms with Crippen LogP contribution in [0.1, 0.15) is 30.4 Å². The van der Waals surface area contributed by atoms with Gasteiger partial charge in [0.05, 0.1) is 12.1 Å². The number of anilines is 2. The van der Waals surface area contributed by atoms with Gasteiger partial charge in [0.25, 0.3) is 0 Å². The van der Waals surface area contributed by atoms with Crippen LogP contribution in [0.25, 0.3) is 5.82 Å². The number of ketones is 1. The van der Waals surface area contributed by atoms with E-state index in [1.807, 2.05) is 88.6 Å². The van der Waals surface area contributed by atoms with Crippen LogP contribution in [-0.4, -0.2) is 16.3 Å². The van der Waals surface area contributed by atoms with Gasteiger partial charge in [0.15, 0.2) is 5.78 Å². The van der Waals surface area contributed by atoms with E-state index in [9.17, 15) is 19.2 Å². The molecule has 4 aromatic rings. The molecule has 1 amide bonds. The van der Waals surface area contributed by atoms with Crippen LogP contribution in [0.5, 0.6) is 0 Å². The average molecular weight is 541 g/mol. The van der Waals surface area contributed by atoms with E-state index < -0.39 is 5.41 Å². The van der Waals surface area contributed by atoms with Crippen LogP contribution in [0.4, 0.5) is 15.8 Å². The summed E-state index contributed by atoms with van der Waals surface area (Å²) in [6.07, 6.45) is 5.23. The van der Waals surface area contributed by atoms with E-state index in [0.29, 0.717) is 41.9 Å². The Morgan fingerprint density at radius 3 is 2.29 bits per heavy atom. The van der Waals surface area contributed by atoms with E-state index in [1.165, 1.54) is 12.1 Å². The van der Waals surface area contributed by atoms with Gasteiger partial charge in [-0.15, -0.1) is 0 Å². The molecule has 0 bridgehead atoms. The van der Waals surface area contributed by atoms with Crippen molar-refractivity contribution in [3.8, 4) is 6.07 Å². The van der Waals surface area contributed by atoms with E-state index in [4.69, 9.17) is 0 Å². The highest BCUT2D eigenvalue weighted by Gasteiger charge is 2.62. The SMILES string of the molecule is N#CC1=C(n2cccc2)N(c2ccccc2)C2=C(C(=O)CCC2)C12C(=O)N(Cc1ccc(F)cc1)c1ccccc12. The maximum Gasteiger partial charge on any atom is 0.248 e. The lowest BCUT2D eigenvalue weighted by Crippen LogP contribution is -2.51. The molecule has 41 heavy (non-hydrogen) atoms. The second kappa shape index (κ2) is 9.46. The Labute approximate surface area is 236 Å². The fraction of sp³-hybridized carbons (Fsp3) is 0.147. The van der Waals surface area contributed by atoms with Crippen LogP contribution >= 0.6 is 0 Å². The number of carbonyl (C=O) groups excluding carboxylic acids is 2. The Morgan fingerprint density at radius 2 is 1.56 bits per heavy atom. The lowest BCUT2D eigenvalue weighted by atomic mass is 9.63. The molecule has 200 valence electrons. The molecule has 1 aromatic heterocycles. The molecule has 3 aromatic carbocycles. The number of hydrogen-bond donors (Lipinski definition) is 0. The summed E-state index contributed by atoms with van der Waals surface area (Å²) in [5.74, 6) is -0.304. The average Bonchev–Trinajstić information content (AvgIpc) is 3.61. The van der Waals surface area contributed by atoms with Gasteiger partial charge in [-0.2, -0.15) is 5.26 Å². The number of nitriles is 1. The predicted octanol–water partition coefficient (Wildman–Crippen LogP) is 6.33. The standard InChI is InChI=1S/C34H25FN4O2/c35-24-17-15-23(16-18-24)22-38-28-12-5-4-11-26(28)34(33(38)41)27(21-36)32(37-19-6-7-20-37)39(25-9-2-1-3-10-25)29-13-8-14-30(40)31(29)34/h1-7,9-12,15-20H,8,13-14,22H2. The molecule has 1 atom stereocenters. The first-order valence-corrected chi connectivity index (χ1v) is 13.6. The van der Waals surface area contributed by atoms with Gasteiger partial charge in [-0.1, -0.05) is 48.5 Å². The third-order valence-electron chi connectivity index (χ3n) is 8.23. The van der Waals surface area contributed by atoms with Crippen molar-refractivity contribution in [3.05, 3.63) is 137 Å². The van der Waals surface area contributed by atoms with E-state index in [2.05, 4.69) is 6.07 Å². The molecule has 1 unspecified atom stereocenters. The highest BCUT2D eigenvalue weighted by molar-refractivity contribution is 6.22. The zero-order valence-electron chi connectivity index (χ0n) is 22.1. The quantitative estimate of drug-likeness (QED) is 0.303. The summed E-state index contributed by atoms with van der Waals surface area (Å²) in [7, 11) is 0. The number of halogens is 1. The van der Waals surface area contributed by atoms with Gasteiger partial charge in [-0.25, -0.2) is 4.39 Å². The van der Waals surface area contributed by atoms with Crippen molar-refractivity contribution in [2.24, 2.45) is 0 Å². The summed E-state index contributed by atoms with van der Waals surface area (Å²) in [4.78, 5) is 32.7. The minimum absolute atomic E-state index is 0.127. The number of Topliss-reactive ketones (excluding diaryl/α,β-unsaturated/α-hetero) is 1. The molecular weight excluding hydrogens is 515 g/mol. The lowest BCUT2D eigenvalue weighted by Gasteiger charge is -2.45. The van der Waals surface area contributed by atoms with E-state index >= 15 is 0 Å². The van der Waals surface area contributed by atoms with Gasteiger partial charge >= 0.3 is 0 Å². The Hall–Kier alpha value is -5.22. The first kappa shape index (κ1) is 24.8. The van der Waals surface area contributed by atoms with Crippen molar-refractivity contribution in [2.75, 3.05) is 9.80 Å². The van der Waals surface area contributed by atoms with Crippen molar-refractivity contribution < 1.29 is 14.0 Å². The maximum absolute atomic E-state index is 15.0. The number of para-hydroxylation sites is 2. The third-order valence-corrected chi connectivity index (χ3v) is 8.23. The van der Waals surface area contributed by atoms with E-state index in [-0.39, 0.29) is 29.6 Å². The van der Waals surface area contributed by atoms with Crippen LogP contribution in [0.3, 0.4) is 0 Å². The largest absolute Gasteiger partial charge is 0.309 e. The highest BCUT2D eigenvalue weighted by atomic mass is 19.1. The highest BCUT2D eigenvalue weighted by Crippen LogP contribution is 2.58. The summed E-state index contributed by atoms with van der Waals surface area (Å²) in [6, 6.07) is 29.3. The third kappa shape index (κ3) is 3.54. The van der Waals surface area contributed by atoms with Gasteiger partial charge in [0.2, 0.25) is 5.91 Å². The predicted molar refractivity (Wildman–Crippen MR) is 154 cm³/mol. The number of nitrogens with zero attached hydrogens (tertiary/aromatic N) is 4. The molecule has 0 N–H and O–H groups in total. The zero-order chi connectivity index (χ0) is 28.1. The molecule has 7 heteroatoms. The van der Waals surface area contributed by atoms with Crippen molar-refractivity contribution in [1.82, 2.24) is 4.57 Å². The van der Waals surface area contributed by atoms with Gasteiger partial charge in [0.1, 0.15) is 23.1 Å². The Bertz CT molecular complexity index is 1800. The molecule has 0 radical (unpaired) electrons. The Morgan fingerprint density at radius 1 is 0.854 bits per heavy atom. The molecule has 1 aliphatic carbocycles. The zero-order valence-corrected chi connectivity index (χ0v) is 22.1. The summed E-state index contributed by atoms with van der Waals surface area (Å²) in [6.45, 7) is 0.175. The molecule has 7 rings (SSSR count). The monoisotopic (exact) mass is 540 g/mol. The molecule has 0 saturated heterocycles. The van der Waals surface area contributed by atoms with Crippen molar-refractivity contribution in [2.45, 2.75) is 31.2 Å². The second-order valence-electron chi connectivity index (χ2n) is 10.5. The number of aromatic nitrogens is 1. The molecule has 1 spiro atoms. The number of allylic oxidation sites excluding steroid dienone is 1. The van der Waals surface area contributed by atoms with E-state index in [0.717, 1.165) is 16.9 Å². The summed E-state index contributed by atoms with van der Waals surface area (Å²) in [5.41, 5.74) is 2.51. The van der Waals surface area contributed by atoms with Crippen molar-refractivity contribution >= 4 is 28.9 Å². The van der Waals surface area contributed by atoms with Crippen molar-refractivity contribution in [1.29, 1.82) is 5.26 Å². The minimum atomic E-state index is -1.61. The second-order valence-corrected chi connectivity index (χ2v) is 10.5. The number of amides is 1. The molecule has 0 fully saturated rings. The van der Waals surface area contributed by atoms with Gasteiger partial charge in [-0.3, -0.25) is 14.5 Å². The molecule has 0 saturated carbocycles. The van der Waals surface area contributed by atoms with Gasteiger partial charge < -0.3 is 9.47 Å². The van der Waals surface area contributed by atoms with Gasteiger partial charge in [-0.05, 0) is 60.9 Å². The van der Waals surface area contributed by atoms with Crippen LogP contribution in [0.2, 0.25) is 0 Å². The van der Waals surface area contributed by atoms with Crippen LogP contribution in [-0.2, 0) is 21.5 Å². The summed E-state index contributed by atoms with van der Waals surface area (Å²) < 4.78 is 15.6. The molecular formula is C34H25FN4O2. The summed E-state index contributed by atoms with van der Waals surface area (Å²) in [5, 5.41) is 11.0. The number of hydrogen-bond acceptors (Lipinski definition) is 4. The molecule has 2 aliphatic heterocycles.